The smallest absolute Gasteiger partial charge is 0.233 e. The Hall–Kier alpha value is -1.70. The second-order valence-electron chi connectivity index (χ2n) is 4.74. The molecule has 0 aliphatic rings. The molecule has 0 bridgehead atoms. The minimum Gasteiger partial charge on any atom is -0.467 e. The SMILES string of the molecule is C[C@@H](Sc1nnc2c(Cl)cc(Cl)cn12)C(=O)NCc1ccco1. The summed E-state index contributed by atoms with van der Waals surface area (Å²) < 4.78 is 6.85. The molecule has 0 saturated carbocycles. The Kier molecular flexibility index (Phi) is 4.79. The highest BCUT2D eigenvalue weighted by Crippen LogP contribution is 2.27. The number of carbonyl (C=O) groups is 1. The van der Waals surface area contributed by atoms with Crippen LogP contribution in [0.15, 0.2) is 40.2 Å². The number of furan rings is 1. The number of halogens is 2. The molecule has 1 N–H and O–H groups in total. The van der Waals surface area contributed by atoms with E-state index >= 15 is 0 Å². The highest BCUT2D eigenvalue weighted by molar-refractivity contribution is 8.00. The van der Waals surface area contributed by atoms with Crippen LogP contribution >= 0.6 is 35.0 Å². The molecular weight excluding hydrogens is 359 g/mol. The maximum absolute atomic E-state index is 12.2. The number of aromatic nitrogens is 3. The number of thioether (sulfide) groups is 1. The van der Waals surface area contributed by atoms with Crippen molar-refractivity contribution >= 4 is 46.5 Å². The third-order valence-corrected chi connectivity index (χ3v) is 4.61. The molecule has 0 unspecified atom stereocenters. The first kappa shape index (κ1) is 16.2. The van der Waals surface area contributed by atoms with Crippen molar-refractivity contribution in [3.8, 4) is 0 Å². The molecule has 0 aliphatic carbocycles. The van der Waals surface area contributed by atoms with E-state index < -0.39 is 0 Å². The van der Waals surface area contributed by atoms with Crippen LogP contribution in [-0.4, -0.2) is 25.8 Å². The van der Waals surface area contributed by atoms with Crippen molar-refractivity contribution in [3.63, 3.8) is 0 Å². The molecule has 1 atom stereocenters. The van der Waals surface area contributed by atoms with Crippen molar-refractivity contribution in [2.45, 2.75) is 23.9 Å². The van der Waals surface area contributed by atoms with Gasteiger partial charge in [0.2, 0.25) is 5.91 Å². The van der Waals surface area contributed by atoms with Crippen LogP contribution in [0.4, 0.5) is 0 Å². The van der Waals surface area contributed by atoms with Gasteiger partial charge in [-0.25, -0.2) is 0 Å². The summed E-state index contributed by atoms with van der Waals surface area (Å²) in [6.07, 6.45) is 3.23. The lowest BCUT2D eigenvalue weighted by atomic mass is 10.4. The monoisotopic (exact) mass is 370 g/mol. The van der Waals surface area contributed by atoms with Crippen LogP contribution in [0.2, 0.25) is 10.0 Å². The summed E-state index contributed by atoms with van der Waals surface area (Å²) in [6, 6.07) is 5.17. The molecule has 0 fully saturated rings. The lowest BCUT2D eigenvalue weighted by Gasteiger charge is -2.10. The quantitative estimate of drug-likeness (QED) is 0.696. The van der Waals surface area contributed by atoms with Crippen LogP contribution in [0.1, 0.15) is 12.7 Å². The molecule has 0 aliphatic heterocycles. The molecule has 3 aromatic rings. The summed E-state index contributed by atoms with van der Waals surface area (Å²) in [4.78, 5) is 12.2. The van der Waals surface area contributed by atoms with Gasteiger partial charge in [0.25, 0.3) is 0 Å². The number of rotatable bonds is 5. The Labute approximate surface area is 146 Å². The van der Waals surface area contributed by atoms with Gasteiger partial charge in [-0.3, -0.25) is 9.20 Å². The van der Waals surface area contributed by atoms with E-state index in [4.69, 9.17) is 27.6 Å². The topological polar surface area (TPSA) is 72.4 Å². The summed E-state index contributed by atoms with van der Waals surface area (Å²) in [5, 5.41) is 11.9. The molecule has 3 rings (SSSR count). The summed E-state index contributed by atoms with van der Waals surface area (Å²) in [6.45, 7) is 2.13. The van der Waals surface area contributed by atoms with Gasteiger partial charge in [-0.1, -0.05) is 35.0 Å². The Morgan fingerprint density at radius 3 is 3.04 bits per heavy atom. The zero-order chi connectivity index (χ0) is 16.4. The number of amides is 1. The van der Waals surface area contributed by atoms with E-state index in [1.54, 1.807) is 42.0 Å². The fraction of sp³-hybridized carbons (Fsp3) is 0.214. The summed E-state index contributed by atoms with van der Waals surface area (Å²) >= 11 is 13.3. The van der Waals surface area contributed by atoms with Crippen LogP contribution < -0.4 is 5.32 Å². The van der Waals surface area contributed by atoms with Gasteiger partial charge in [0.15, 0.2) is 10.8 Å². The lowest BCUT2D eigenvalue weighted by Crippen LogP contribution is -2.30. The van der Waals surface area contributed by atoms with Crippen LogP contribution in [0, 0.1) is 0 Å². The molecule has 1 amide bonds. The van der Waals surface area contributed by atoms with Gasteiger partial charge in [-0.05, 0) is 25.1 Å². The van der Waals surface area contributed by atoms with E-state index in [9.17, 15) is 4.79 Å². The number of hydrogen-bond donors (Lipinski definition) is 1. The maximum Gasteiger partial charge on any atom is 0.233 e. The van der Waals surface area contributed by atoms with Crippen molar-refractivity contribution in [2.75, 3.05) is 0 Å². The standard InChI is InChI=1S/C14H12Cl2N4O2S/c1-8(13(21)17-6-10-3-2-4-22-10)23-14-19-18-12-11(16)5-9(15)7-20(12)14/h2-5,7-8H,6H2,1H3,(H,17,21)/t8-/m1/s1. The second kappa shape index (κ2) is 6.82. The Morgan fingerprint density at radius 2 is 2.30 bits per heavy atom. The van der Waals surface area contributed by atoms with E-state index in [0.29, 0.717) is 33.2 Å². The van der Waals surface area contributed by atoms with Gasteiger partial charge < -0.3 is 9.73 Å². The first-order chi connectivity index (χ1) is 11.0. The second-order valence-corrected chi connectivity index (χ2v) is 6.89. The third kappa shape index (κ3) is 3.63. The Balaban J connectivity index is 1.70. The normalized spacial score (nSPS) is 12.5. The van der Waals surface area contributed by atoms with Gasteiger partial charge in [-0.2, -0.15) is 0 Å². The van der Waals surface area contributed by atoms with Gasteiger partial charge in [0, 0.05) is 6.20 Å². The molecule has 9 heteroatoms. The molecule has 120 valence electrons. The third-order valence-electron chi connectivity index (χ3n) is 3.06. The highest BCUT2D eigenvalue weighted by atomic mass is 35.5. The average Bonchev–Trinajstić information content (AvgIpc) is 3.15. The largest absolute Gasteiger partial charge is 0.467 e. The number of fused-ring (bicyclic) bond motifs is 1. The fourth-order valence-corrected chi connectivity index (χ4v) is 3.28. The number of nitrogens with zero attached hydrogens (tertiary/aromatic N) is 3. The Bertz CT molecular complexity index is 835. The van der Waals surface area contributed by atoms with Gasteiger partial charge in [0.05, 0.1) is 28.1 Å². The van der Waals surface area contributed by atoms with Gasteiger partial charge in [0.1, 0.15) is 5.76 Å². The fourth-order valence-electron chi connectivity index (χ4n) is 1.93. The van der Waals surface area contributed by atoms with Gasteiger partial charge in [-0.15, -0.1) is 10.2 Å². The maximum atomic E-state index is 12.2. The average molecular weight is 371 g/mol. The minimum absolute atomic E-state index is 0.128. The zero-order valence-electron chi connectivity index (χ0n) is 12.0. The van der Waals surface area contributed by atoms with Crippen molar-refractivity contribution in [2.24, 2.45) is 0 Å². The number of carbonyl (C=O) groups excluding carboxylic acids is 1. The molecule has 0 saturated heterocycles. The first-order valence-electron chi connectivity index (χ1n) is 6.71. The predicted molar refractivity (Wildman–Crippen MR) is 88.9 cm³/mol. The Morgan fingerprint density at radius 1 is 1.48 bits per heavy atom. The summed E-state index contributed by atoms with van der Waals surface area (Å²) in [5.41, 5.74) is 0.502. The number of pyridine rings is 1. The molecule has 0 aromatic carbocycles. The van der Waals surface area contributed by atoms with Crippen LogP contribution in [0.3, 0.4) is 0 Å². The number of nitrogens with one attached hydrogen (secondary N) is 1. The zero-order valence-corrected chi connectivity index (χ0v) is 14.3. The van der Waals surface area contributed by atoms with Gasteiger partial charge >= 0.3 is 0 Å². The predicted octanol–water partition coefficient (Wildman–Crippen LogP) is 3.43. The molecule has 6 nitrogen and oxygen atoms in total. The molecule has 3 aromatic heterocycles. The number of hydrogen-bond acceptors (Lipinski definition) is 5. The van der Waals surface area contributed by atoms with Crippen LogP contribution in [0.5, 0.6) is 0 Å². The lowest BCUT2D eigenvalue weighted by molar-refractivity contribution is -0.120. The van der Waals surface area contributed by atoms with E-state index in [1.165, 1.54) is 11.8 Å². The van der Waals surface area contributed by atoms with E-state index in [-0.39, 0.29) is 11.2 Å². The molecule has 0 spiro atoms. The van der Waals surface area contributed by atoms with E-state index in [2.05, 4.69) is 15.5 Å². The molecule has 0 radical (unpaired) electrons. The molecular formula is C14H12Cl2N4O2S. The first-order valence-corrected chi connectivity index (χ1v) is 8.34. The molecule has 3 heterocycles. The van der Waals surface area contributed by atoms with Crippen molar-refractivity contribution in [1.29, 1.82) is 0 Å². The summed E-state index contributed by atoms with van der Waals surface area (Å²) in [5.74, 6) is 0.568. The minimum atomic E-state index is -0.366. The highest BCUT2D eigenvalue weighted by Gasteiger charge is 2.19. The van der Waals surface area contributed by atoms with Crippen molar-refractivity contribution in [1.82, 2.24) is 19.9 Å². The molecule has 23 heavy (non-hydrogen) atoms. The summed E-state index contributed by atoms with van der Waals surface area (Å²) in [7, 11) is 0. The van der Waals surface area contributed by atoms with Crippen LogP contribution in [-0.2, 0) is 11.3 Å². The van der Waals surface area contributed by atoms with E-state index in [1.807, 2.05) is 0 Å². The van der Waals surface area contributed by atoms with E-state index in [0.717, 1.165) is 0 Å². The van der Waals surface area contributed by atoms with Crippen LogP contribution in [0.25, 0.3) is 5.65 Å². The van der Waals surface area contributed by atoms with Crippen molar-refractivity contribution in [3.05, 3.63) is 46.5 Å². The van der Waals surface area contributed by atoms with Crippen molar-refractivity contribution < 1.29 is 9.21 Å².